The number of aryl methyl sites for hydroxylation is 2. The van der Waals surface area contributed by atoms with Crippen LogP contribution in [-0.4, -0.2) is 29.4 Å². The summed E-state index contributed by atoms with van der Waals surface area (Å²) < 4.78 is 5.48. The monoisotopic (exact) mass is 398 g/mol. The molecule has 6 nitrogen and oxygen atoms in total. The number of para-hydroxylation sites is 2. The Balaban J connectivity index is 1.57. The molecule has 0 unspecified atom stereocenters. The van der Waals surface area contributed by atoms with Gasteiger partial charge in [-0.25, -0.2) is 4.79 Å². The van der Waals surface area contributed by atoms with Crippen molar-refractivity contribution in [2.45, 2.75) is 51.7 Å². The number of esters is 1. The first-order valence-corrected chi connectivity index (χ1v) is 10.2. The number of hydrogen-bond acceptors (Lipinski definition) is 5. The van der Waals surface area contributed by atoms with E-state index in [0.717, 1.165) is 19.3 Å². The van der Waals surface area contributed by atoms with Crippen molar-refractivity contribution in [1.29, 1.82) is 0 Å². The SMILES string of the molecule is C[C@@H](OC(=O)c1cc2c(s1)CCC2)C(=O)N1c2ccccc2NC(=O)C1(C)C. The molecule has 1 aromatic carbocycles. The molecule has 0 bridgehead atoms. The van der Waals surface area contributed by atoms with Crippen LogP contribution in [0.5, 0.6) is 0 Å². The maximum absolute atomic E-state index is 13.2. The highest BCUT2D eigenvalue weighted by molar-refractivity contribution is 7.14. The fourth-order valence-electron chi connectivity index (χ4n) is 3.73. The lowest BCUT2D eigenvalue weighted by molar-refractivity contribution is -0.131. The van der Waals surface area contributed by atoms with Gasteiger partial charge < -0.3 is 10.1 Å². The lowest BCUT2D eigenvalue weighted by Gasteiger charge is -2.42. The molecule has 1 aliphatic heterocycles. The number of hydrogen-bond donors (Lipinski definition) is 1. The van der Waals surface area contributed by atoms with Crippen LogP contribution < -0.4 is 10.2 Å². The van der Waals surface area contributed by atoms with Crippen LogP contribution >= 0.6 is 11.3 Å². The molecule has 2 aliphatic rings. The average Bonchev–Trinajstić information content (AvgIpc) is 3.24. The van der Waals surface area contributed by atoms with Gasteiger partial charge in [0.15, 0.2) is 6.10 Å². The average molecular weight is 398 g/mol. The van der Waals surface area contributed by atoms with Crippen molar-refractivity contribution in [3.8, 4) is 0 Å². The van der Waals surface area contributed by atoms with E-state index < -0.39 is 23.5 Å². The van der Waals surface area contributed by atoms with Crippen molar-refractivity contribution in [2.24, 2.45) is 0 Å². The van der Waals surface area contributed by atoms with Gasteiger partial charge in [-0.1, -0.05) is 12.1 Å². The number of thiophene rings is 1. The number of carbonyl (C=O) groups excluding carboxylic acids is 3. The Bertz CT molecular complexity index is 957. The number of carbonyl (C=O) groups is 3. The minimum Gasteiger partial charge on any atom is -0.448 e. The van der Waals surface area contributed by atoms with E-state index in [0.29, 0.717) is 16.3 Å². The van der Waals surface area contributed by atoms with Crippen LogP contribution in [0.15, 0.2) is 30.3 Å². The number of nitrogens with one attached hydrogen (secondary N) is 1. The van der Waals surface area contributed by atoms with Gasteiger partial charge in [0, 0.05) is 4.88 Å². The smallest absolute Gasteiger partial charge is 0.349 e. The molecule has 2 aromatic rings. The molecule has 1 aliphatic carbocycles. The van der Waals surface area contributed by atoms with Crippen molar-refractivity contribution in [1.82, 2.24) is 0 Å². The molecule has 0 radical (unpaired) electrons. The largest absolute Gasteiger partial charge is 0.448 e. The second-order valence-corrected chi connectivity index (χ2v) is 8.80. The third-order valence-corrected chi connectivity index (χ3v) is 6.52. The first kappa shape index (κ1) is 18.7. The van der Waals surface area contributed by atoms with Gasteiger partial charge in [0.05, 0.1) is 11.4 Å². The fourth-order valence-corrected chi connectivity index (χ4v) is 4.86. The summed E-state index contributed by atoms with van der Waals surface area (Å²) in [6, 6.07) is 8.98. The molecule has 7 heteroatoms. The Labute approximate surface area is 167 Å². The number of nitrogens with zero attached hydrogens (tertiary/aromatic N) is 1. The summed E-state index contributed by atoms with van der Waals surface area (Å²) in [4.78, 5) is 41.5. The van der Waals surface area contributed by atoms with Crippen LogP contribution in [0.4, 0.5) is 11.4 Å². The zero-order valence-corrected chi connectivity index (χ0v) is 16.9. The summed E-state index contributed by atoms with van der Waals surface area (Å²) in [5.41, 5.74) is 1.26. The molecule has 2 amide bonds. The first-order valence-electron chi connectivity index (χ1n) is 9.36. The molecular formula is C21H22N2O4S. The number of benzene rings is 1. The van der Waals surface area contributed by atoms with Crippen molar-refractivity contribution >= 4 is 40.5 Å². The van der Waals surface area contributed by atoms with Gasteiger partial charge in [-0.2, -0.15) is 0 Å². The topological polar surface area (TPSA) is 75.7 Å². The van der Waals surface area contributed by atoms with Crippen molar-refractivity contribution in [3.05, 3.63) is 45.6 Å². The molecule has 4 rings (SSSR count). The third kappa shape index (κ3) is 2.99. The lowest BCUT2D eigenvalue weighted by atomic mass is 9.95. The van der Waals surface area contributed by atoms with Gasteiger partial charge >= 0.3 is 5.97 Å². The highest BCUT2D eigenvalue weighted by atomic mass is 32.1. The highest BCUT2D eigenvalue weighted by Gasteiger charge is 2.45. The van der Waals surface area contributed by atoms with Crippen molar-refractivity contribution in [2.75, 3.05) is 10.2 Å². The maximum atomic E-state index is 13.2. The first-order chi connectivity index (χ1) is 13.3. The molecule has 1 aromatic heterocycles. The minimum atomic E-state index is -1.10. The second-order valence-electron chi connectivity index (χ2n) is 7.66. The number of amides is 2. The van der Waals surface area contributed by atoms with Gasteiger partial charge in [-0.15, -0.1) is 11.3 Å². The van der Waals surface area contributed by atoms with E-state index in [-0.39, 0.29) is 5.91 Å². The molecule has 0 spiro atoms. The van der Waals surface area contributed by atoms with Gasteiger partial charge in [0.25, 0.3) is 5.91 Å². The molecule has 146 valence electrons. The maximum Gasteiger partial charge on any atom is 0.349 e. The Hall–Kier alpha value is -2.67. The number of anilines is 2. The van der Waals surface area contributed by atoms with Crippen LogP contribution in [0.2, 0.25) is 0 Å². The Morgan fingerprint density at radius 1 is 1.25 bits per heavy atom. The molecule has 0 fully saturated rings. The summed E-state index contributed by atoms with van der Waals surface area (Å²) in [6.45, 7) is 4.90. The van der Waals surface area contributed by atoms with E-state index >= 15 is 0 Å². The Morgan fingerprint density at radius 2 is 2.00 bits per heavy atom. The summed E-state index contributed by atoms with van der Waals surface area (Å²) >= 11 is 1.44. The molecule has 0 saturated heterocycles. The zero-order valence-electron chi connectivity index (χ0n) is 16.1. The standard InChI is InChI=1S/C21H22N2O4S/c1-12(27-19(25)17-11-13-7-6-10-16(13)28-17)18(24)23-15-9-5-4-8-14(15)22-20(26)21(23,2)3/h4-5,8-9,11-12H,6-7,10H2,1-3H3,(H,22,26)/t12-/m1/s1. The van der Waals surface area contributed by atoms with E-state index in [1.54, 1.807) is 45.0 Å². The summed E-state index contributed by atoms with van der Waals surface area (Å²) in [6.07, 6.45) is 2.09. The van der Waals surface area contributed by atoms with E-state index in [9.17, 15) is 14.4 Å². The van der Waals surface area contributed by atoms with Crippen molar-refractivity contribution in [3.63, 3.8) is 0 Å². The zero-order chi connectivity index (χ0) is 20.1. The quantitative estimate of drug-likeness (QED) is 0.803. The van der Waals surface area contributed by atoms with Gasteiger partial charge in [-0.05, 0) is 63.8 Å². The summed E-state index contributed by atoms with van der Waals surface area (Å²) in [5, 5.41) is 2.82. The van der Waals surface area contributed by atoms with E-state index in [1.165, 1.54) is 26.7 Å². The van der Waals surface area contributed by atoms with Crippen LogP contribution in [0, 0.1) is 0 Å². The van der Waals surface area contributed by atoms with Gasteiger partial charge in [0.1, 0.15) is 10.4 Å². The molecular weight excluding hydrogens is 376 g/mol. The van der Waals surface area contributed by atoms with Gasteiger partial charge in [0.2, 0.25) is 5.91 Å². The van der Waals surface area contributed by atoms with Crippen LogP contribution in [0.3, 0.4) is 0 Å². The van der Waals surface area contributed by atoms with E-state index in [1.807, 2.05) is 6.07 Å². The molecule has 2 heterocycles. The van der Waals surface area contributed by atoms with Crippen LogP contribution in [0.1, 0.15) is 47.3 Å². The Kier molecular flexibility index (Phi) is 4.50. The normalized spacial score (nSPS) is 18.1. The van der Waals surface area contributed by atoms with Crippen molar-refractivity contribution < 1.29 is 19.1 Å². The molecule has 0 saturated carbocycles. The molecule has 1 N–H and O–H groups in total. The van der Waals surface area contributed by atoms with E-state index in [4.69, 9.17) is 4.74 Å². The third-order valence-electron chi connectivity index (χ3n) is 5.31. The predicted octanol–water partition coefficient (Wildman–Crippen LogP) is 3.55. The fraction of sp³-hybridized carbons (Fsp3) is 0.381. The van der Waals surface area contributed by atoms with Crippen LogP contribution in [0.25, 0.3) is 0 Å². The molecule has 1 atom stereocenters. The minimum absolute atomic E-state index is 0.284. The lowest BCUT2D eigenvalue weighted by Crippen LogP contribution is -2.60. The van der Waals surface area contributed by atoms with Crippen LogP contribution in [-0.2, 0) is 27.2 Å². The predicted molar refractivity (Wildman–Crippen MR) is 108 cm³/mol. The summed E-state index contributed by atoms with van der Waals surface area (Å²) in [7, 11) is 0. The number of ether oxygens (including phenoxy) is 1. The highest BCUT2D eigenvalue weighted by Crippen LogP contribution is 2.37. The van der Waals surface area contributed by atoms with E-state index in [2.05, 4.69) is 5.32 Å². The molecule has 28 heavy (non-hydrogen) atoms. The van der Waals surface area contributed by atoms with Gasteiger partial charge in [-0.3, -0.25) is 14.5 Å². The summed E-state index contributed by atoms with van der Waals surface area (Å²) in [5.74, 6) is -1.20. The number of fused-ring (bicyclic) bond motifs is 2. The second kappa shape index (κ2) is 6.74. The number of rotatable bonds is 3. The Morgan fingerprint density at radius 3 is 2.75 bits per heavy atom.